The van der Waals surface area contributed by atoms with Crippen LogP contribution in [-0.2, 0) is 9.53 Å². The summed E-state index contributed by atoms with van der Waals surface area (Å²) in [6.07, 6.45) is 3.15. The summed E-state index contributed by atoms with van der Waals surface area (Å²) < 4.78 is 24.3. The lowest BCUT2D eigenvalue weighted by molar-refractivity contribution is -0.122. The number of benzene rings is 1. The highest BCUT2D eigenvalue weighted by atomic mass is 19.1. The molecule has 2 aliphatic rings. The van der Waals surface area contributed by atoms with E-state index in [2.05, 4.69) is 0 Å². The van der Waals surface area contributed by atoms with Crippen molar-refractivity contribution in [3.63, 3.8) is 0 Å². The van der Waals surface area contributed by atoms with Crippen LogP contribution in [0, 0.1) is 5.82 Å². The van der Waals surface area contributed by atoms with Crippen LogP contribution in [0.2, 0.25) is 0 Å². The summed E-state index contributed by atoms with van der Waals surface area (Å²) >= 11 is 0. The van der Waals surface area contributed by atoms with E-state index in [0.717, 1.165) is 25.9 Å². The lowest BCUT2D eigenvalue weighted by atomic mass is 10.1. The summed E-state index contributed by atoms with van der Waals surface area (Å²) in [6.45, 7) is 1.21. The van der Waals surface area contributed by atoms with Crippen LogP contribution < -0.4 is 9.64 Å². The van der Waals surface area contributed by atoms with Gasteiger partial charge in [0.15, 0.2) is 6.61 Å². The minimum Gasteiger partial charge on any atom is -0.482 e. The van der Waals surface area contributed by atoms with E-state index in [-0.39, 0.29) is 24.4 Å². The van der Waals surface area contributed by atoms with E-state index in [1.54, 1.807) is 11.0 Å². The third-order valence-electron chi connectivity index (χ3n) is 3.52. The smallest absolute Gasteiger partial charge is 0.265 e. The second kappa shape index (κ2) is 5.17. The molecule has 1 aromatic carbocycles. The first-order chi connectivity index (χ1) is 9.24. The molecular formula is C14H16FNO3. The van der Waals surface area contributed by atoms with Crippen molar-refractivity contribution in [2.75, 3.05) is 24.7 Å². The van der Waals surface area contributed by atoms with Crippen LogP contribution in [0.1, 0.15) is 19.3 Å². The zero-order chi connectivity index (χ0) is 13.2. The van der Waals surface area contributed by atoms with Gasteiger partial charge in [-0.1, -0.05) is 0 Å². The molecular weight excluding hydrogens is 249 g/mol. The predicted molar refractivity (Wildman–Crippen MR) is 67.8 cm³/mol. The van der Waals surface area contributed by atoms with Crippen LogP contribution in [0.4, 0.5) is 10.1 Å². The number of carbonyl (C=O) groups is 1. The molecule has 2 heterocycles. The van der Waals surface area contributed by atoms with Gasteiger partial charge < -0.3 is 14.4 Å². The molecule has 0 spiro atoms. The Hall–Kier alpha value is -1.62. The van der Waals surface area contributed by atoms with Gasteiger partial charge in [-0.3, -0.25) is 4.79 Å². The summed E-state index contributed by atoms with van der Waals surface area (Å²) in [5.74, 6) is 0.0377. The van der Waals surface area contributed by atoms with Crippen LogP contribution in [0.3, 0.4) is 0 Å². The zero-order valence-corrected chi connectivity index (χ0v) is 10.6. The van der Waals surface area contributed by atoms with E-state index in [1.165, 1.54) is 12.1 Å². The van der Waals surface area contributed by atoms with Gasteiger partial charge in [-0.15, -0.1) is 0 Å². The Morgan fingerprint density at radius 2 is 2.26 bits per heavy atom. The van der Waals surface area contributed by atoms with Gasteiger partial charge in [-0.05, 0) is 31.4 Å². The molecule has 4 nitrogen and oxygen atoms in total. The Labute approximate surface area is 111 Å². The number of amides is 1. The van der Waals surface area contributed by atoms with Crippen molar-refractivity contribution in [3.05, 3.63) is 24.0 Å². The maximum absolute atomic E-state index is 13.3. The van der Waals surface area contributed by atoms with E-state index < -0.39 is 0 Å². The molecule has 1 atom stereocenters. The van der Waals surface area contributed by atoms with E-state index in [9.17, 15) is 9.18 Å². The first-order valence-electron chi connectivity index (χ1n) is 6.58. The number of halogens is 1. The molecule has 1 aromatic rings. The molecule has 1 unspecified atom stereocenters. The average molecular weight is 265 g/mol. The number of carbonyl (C=O) groups excluding carboxylic acids is 1. The lowest BCUT2D eigenvalue weighted by Crippen LogP contribution is -2.44. The highest BCUT2D eigenvalue weighted by molar-refractivity contribution is 5.97. The molecule has 1 fully saturated rings. The monoisotopic (exact) mass is 265 g/mol. The van der Waals surface area contributed by atoms with Crippen LogP contribution in [0.25, 0.3) is 0 Å². The van der Waals surface area contributed by atoms with Crippen LogP contribution in [0.5, 0.6) is 5.75 Å². The first kappa shape index (κ1) is 12.4. The van der Waals surface area contributed by atoms with Crippen LogP contribution >= 0.6 is 0 Å². The lowest BCUT2D eigenvalue weighted by Gasteiger charge is -2.33. The minimum atomic E-state index is -0.369. The molecule has 0 saturated carbocycles. The van der Waals surface area contributed by atoms with Crippen molar-refractivity contribution in [2.24, 2.45) is 0 Å². The highest BCUT2D eigenvalue weighted by Crippen LogP contribution is 2.33. The maximum atomic E-state index is 13.3. The number of rotatable bonds is 2. The third-order valence-corrected chi connectivity index (χ3v) is 3.52. The van der Waals surface area contributed by atoms with E-state index >= 15 is 0 Å². The molecule has 3 rings (SSSR count). The normalized spacial score (nSPS) is 22.9. The molecule has 19 heavy (non-hydrogen) atoms. The van der Waals surface area contributed by atoms with Gasteiger partial charge >= 0.3 is 0 Å². The van der Waals surface area contributed by atoms with Gasteiger partial charge in [0.2, 0.25) is 0 Å². The van der Waals surface area contributed by atoms with Crippen molar-refractivity contribution in [1.82, 2.24) is 0 Å². The fraction of sp³-hybridized carbons (Fsp3) is 0.500. The molecule has 5 heteroatoms. The summed E-state index contributed by atoms with van der Waals surface area (Å²) in [7, 11) is 0. The number of nitrogens with zero attached hydrogens (tertiary/aromatic N) is 1. The van der Waals surface area contributed by atoms with Gasteiger partial charge in [0.05, 0.1) is 18.3 Å². The van der Waals surface area contributed by atoms with E-state index in [1.807, 2.05) is 0 Å². The van der Waals surface area contributed by atoms with Gasteiger partial charge in [-0.2, -0.15) is 0 Å². The van der Waals surface area contributed by atoms with Gasteiger partial charge in [0.1, 0.15) is 11.6 Å². The number of fused-ring (bicyclic) bond motifs is 1. The quantitative estimate of drug-likeness (QED) is 0.822. The molecule has 0 bridgehead atoms. The molecule has 1 amide bonds. The van der Waals surface area contributed by atoms with Crippen molar-refractivity contribution >= 4 is 11.6 Å². The standard InChI is InChI=1S/C14H16FNO3/c15-10-4-5-13-12(7-10)16(14(17)9-19-13)8-11-3-1-2-6-18-11/h4-5,7,11H,1-3,6,8-9H2. The second-order valence-electron chi connectivity index (χ2n) is 4.89. The molecule has 1 saturated heterocycles. The average Bonchev–Trinajstić information content (AvgIpc) is 2.43. The molecule has 0 radical (unpaired) electrons. The number of hydrogen-bond acceptors (Lipinski definition) is 3. The van der Waals surface area contributed by atoms with Crippen molar-refractivity contribution < 1.29 is 18.7 Å². The Bertz CT molecular complexity index is 486. The molecule has 0 aliphatic carbocycles. The van der Waals surface area contributed by atoms with Crippen LogP contribution in [-0.4, -0.2) is 31.8 Å². The van der Waals surface area contributed by atoms with E-state index in [0.29, 0.717) is 18.0 Å². The number of ether oxygens (including phenoxy) is 2. The maximum Gasteiger partial charge on any atom is 0.265 e. The van der Waals surface area contributed by atoms with Crippen molar-refractivity contribution in [3.8, 4) is 5.75 Å². The highest BCUT2D eigenvalue weighted by Gasteiger charge is 2.29. The Kier molecular flexibility index (Phi) is 3.38. The zero-order valence-electron chi connectivity index (χ0n) is 10.6. The van der Waals surface area contributed by atoms with Gasteiger partial charge in [-0.25, -0.2) is 4.39 Å². The summed E-state index contributed by atoms with van der Waals surface area (Å²) in [4.78, 5) is 13.5. The van der Waals surface area contributed by atoms with Gasteiger partial charge in [0, 0.05) is 12.7 Å². The third kappa shape index (κ3) is 2.56. The fourth-order valence-corrected chi connectivity index (χ4v) is 2.53. The van der Waals surface area contributed by atoms with E-state index in [4.69, 9.17) is 9.47 Å². The van der Waals surface area contributed by atoms with Crippen LogP contribution in [0.15, 0.2) is 18.2 Å². The summed E-state index contributed by atoms with van der Waals surface area (Å²) in [6, 6.07) is 4.24. The molecule has 102 valence electrons. The number of hydrogen-bond donors (Lipinski definition) is 0. The molecule has 0 aromatic heterocycles. The topological polar surface area (TPSA) is 38.8 Å². The Morgan fingerprint density at radius 1 is 1.37 bits per heavy atom. The largest absolute Gasteiger partial charge is 0.482 e. The predicted octanol–water partition coefficient (Wildman–Crippen LogP) is 2.12. The summed E-state index contributed by atoms with van der Waals surface area (Å²) in [5, 5.41) is 0. The molecule has 2 aliphatic heterocycles. The first-order valence-corrected chi connectivity index (χ1v) is 6.58. The van der Waals surface area contributed by atoms with Crippen molar-refractivity contribution in [1.29, 1.82) is 0 Å². The fourth-order valence-electron chi connectivity index (χ4n) is 2.53. The Morgan fingerprint density at radius 3 is 3.05 bits per heavy atom. The SMILES string of the molecule is O=C1COc2ccc(F)cc2N1CC1CCCCO1. The van der Waals surface area contributed by atoms with Crippen molar-refractivity contribution in [2.45, 2.75) is 25.4 Å². The summed E-state index contributed by atoms with van der Waals surface area (Å²) in [5.41, 5.74) is 0.505. The second-order valence-corrected chi connectivity index (χ2v) is 4.89. The number of anilines is 1. The molecule has 0 N–H and O–H groups in total. The minimum absolute atomic E-state index is 0.00531. The van der Waals surface area contributed by atoms with Gasteiger partial charge in [0.25, 0.3) is 5.91 Å². The Balaban J connectivity index is 1.83.